The number of hydrogen-bond acceptors (Lipinski definition) is 2. The number of hydrogen-bond donors (Lipinski definition) is 2. The van der Waals surface area contributed by atoms with Gasteiger partial charge >= 0.3 is 0 Å². The van der Waals surface area contributed by atoms with Gasteiger partial charge < -0.3 is 16.4 Å². The van der Waals surface area contributed by atoms with Gasteiger partial charge in [-0.25, -0.2) is 0 Å². The van der Waals surface area contributed by atoms with Gasteiger partial charge in [0.15, 0.2) is 5.11 Å². The number of thiocarbonyl (C=S) groups is 1. The Bertz CT molecular complexity index is 684. The zero-order valence-electron chi connectivity index (χ0n) is 14.9. The molecule has 0 spiro atoms. The first kappa shape index (κ1) is 18.3. The van der Waals surface area contributed by atoms with Gasteiger partial charge in [0, 0.05) is 12.2 Å². The lowest BCUT2D eigenvalue weighted by molar-refractivity contribution is 0.332. The van der Waals surface area contributed by atoms with Crippen LogP contribution in [0.2, 0.25) is 0 Å². The van der Waals surface area contributed by atoms with Crippen molar-refractivity contribution in [2.24, 2.45) is 5.73 Å². The Morgan fingerprint density at radius 1 is 1.04 bits per heavy atom. The van der Waals surface area contributed by atoms with Crippen molar-refractivity contribution in [3.05, 3.63) is 65.2 Å². The fourth-order valence-electron chi connectivity index (χ4n) is 2.67. The smallest absolute Gasteiger partial charge is 0.167 e. The second kappa shape index (κ2) is 7.22. The highest BCUT2D eigenvalue weighted by Crippen LogP contribution is 2.25. The van der Waals surface area contributed by atoms with Gasteiger partial charge in [-0.05, 0) is 53.4 Å². The summed E-state index contributed by atoms with van der Waals surface area (Å²) in [5.41, 5.74) is 16.3. The van der Waals surface area contributed by atoms with E-state index in [1.165, 1.54) is 11.1 Å². The molecule has 1 atom stereocenters. The highest BCUT2D eigenvalue weighted by Gasteiger charge is 2.18. The van der Waals surface area contributed by atoms with Crippen LogP contribution in [0.1, 0.15) is 50.4 Å². The summed E-state index contributed by atoms with van der Waals surface area (Å²) in [7, 11) is 0. The molecule has 0 aliphatic carbocycles. The lowest BCUT2D eigenvalue weighted by atomic mass is 9.86. The fourth-order valence-corrected chi connectivity index (χ4v) is 2.89. The third kappa shape index (κ3) is 4.48. The van der Waals surface area contributed by atoms with Crippen LogP contribution in [-0.2, 0) is 12.0 Å². The molecule has 0 saturated heterocycles. The minimum Gasteiger partial charge on any atom is -0.399 e. The molecule has 0 heterocycles. The lowest BCUT2D eigenvalue weighted by Gasteiger charge is -2.30. The zero-order chi connectivity index (χ0) is 17.9. The average molecular weight is 342 g/mol. The van der Waals surface area contributed by atoms with Crippen LogP contribution in [0, 0.1) is 0 Å². The largest absolute Gasteiger partial charge is 0.399 e. The van der Waals surface area contributed by atoms with Gasteiger partial charge in [0.05, 0.1) is 6.04 Å². The third-order valence-corrected chi connectivity index (χ3v) is 4.58. The SMILES string of the molecule is C[C@@H](c1ccc(N)cc1)N(Cc1ccc(C(C)(C)C)cc1)C(N)=S. The number of nitrogens with two attached hydrogens (primary N) is 2. The first-order valence-electron chi connectivity index (χ1n) is 8.19. The highest BCUT2D eigenvalue weighted by atomic mass is 32.1. The normalized spacial score (nSPS) is 12.7. The van der Waals surface area contributed by atoms with Gasteiger partial charge in [-0.15, -0.1) is 0 Å². The highest BCUT2D eigenvalue weighted by molar-refractivity contribution is 7.80. The number of nitrogens with zero attached hydrogens (tertiary/aromatic N) is 1. The maximum Gasteiger partial charge on any atom is 0.167 e. The van der Waals surface area contributed by atoms with E-state index >= 15 is 0 Å². The number of anilines is 1. The molecule has 4 N–H and O–H groups in total. The van der Waals surface area contributed by atoms with Crippen molar-refractivity contribution in [2.45, 2.75) is 45.7 Å². The Morgan fingerprint density at radius 2 is 1.58 bits per heavy atom. The predicted octanol–water partition coefficient (Wildman–Crippen LogP) is 4.37. The molecule has 4 heteroatoms. The van der Waals surface area contributed by atoms with Crippen molar-refractivity contribution < 1.29 is 0 Å². The Labute approximate surface area is 150 Å². The molecule has 0 aliphatic rings. The van der Waals surface area contributed by atoms with Crippen LogP contribution in [0.4, 0.5) is 5.69 Å². The summed E-state index contributed by atoms with van der Waals surface area (Å²) in [5, 5.41) is 0.402. The Balaban J connectivity index is 2.19. The summed E-state index contributed by atoms with van der Waals surface area (Å²) in [6.07, 6.45) is 0. The van der Waals surface area contributed by atoms with Crippen molar-refractivity contribution in [1.29, 1.82) is 0 Å². The van der Waals surface area contributed by atoms with Gasteiger partial charge in [-0.3, -0.25) is 0 Å². The second-order valence-corrected chi connectivity index (χ2v) is 7.67. The molecule has 0 amide bonds. The van der Waals surface area contributed by atoms with E-state index in [4.69, 9.17) is 23.7 Å². The maximum absolute atomic E-state index is 5.98. The lowest BCUT2D eigenvalue weighted by Crippen LogP contribution is -2.37. The molecular formula is C20H27N3S. The van der Waals surface area contributed by atoms with Crippen molar-refractivity contribution in [1.82, 2.24) is 4.90 Å². The summed E-state index contributed by atoms with van der Waals surface area (Å²) in [6, 6.07) is 16.6. The van der Waals surface area contributed by atoms with Crippen LogP contribution in [0.3, 0.4) is 0 Å². The quantitative estimate of drug-likeness (QED) is 0.640. The monoisotopic (exact) mass is 341 g/mol. The molecule has 128 valence electrons. The van der Waals surface area contributed by atoms with Crippen LogP contribution in [0.15, 0.2) is 48.5 Å². The van der Waals surface area contributed by atoms with Crippen molar-refractivity contribution in [3.63, 3.8) is 0 Å². The summed E-state index contributed by atoms with van der Waals surface area (Å²) in [5.74, 6) is 0. The summed E-state index contributed by atoms with van der Waals surface area (Å²) in [6.45, 7) is 9.44. The fraction of sp³-hybridized carbons (Fsp3) is 0.350. The Morgan fingerprint density at radius 3 is 2.04 bits per heavy atom. The van der Waals surface area contributed by atoms with E-state index in [-0.39, 0.29) is 11.5 Å². The molecule has 0 aromatic heterocycles. The van der Waals surface area contributed by atoms with Crippen LogP contribution in [-0.4, -0.2) is 10.0 Å². The number of benzene rings is 2. The molecule has 2 aromatic rings. The molecule has 0 radical (unpaired) electrons. The van der Waals surface area contributed by atoms with Gasteiger partial charge in [0.25, 0.3) is 0 Å². The van der Waals surface area contributed by atoms with Gasteiger partial charge in [-0.2, -0.15) is 0 Å². The first-order chi connectivity index (χ1) is 11.2. The van der Waals surface area contributed by atoms with Crippen LogP contribution < -0.4 is 11.5 Å². The molecule has 0 saturated carbocycles. The molecule has 0 aliphatic heterocycles. The van der Waals surface area contributed by atoms with Crippen LogP contribution >= 0.6 is 12.2 Å². The van der Waals surface area contributed by atoms with Crippen LogP contribution in [0.5, 0.6) is 0 Å². The third-order valence-electron chi connectivity index (χ3n) is 4.34. The summed E-state index contributed by atoms with van der Waals surface area (Å²) < 4.78 is 0. The van der Waals surface area contributed by atoms with E-state index in [1.807, 2.05) is 29.2 Å². The van der Waals surface area contributed by atoms with E-state index in [9.17, 15) is 0 Å². The van der Waals surface area contributed by atoms with Crippen LogP contribution in [0.25, 0.3) is 0 Å². The zero-order valence-corrected chi connectivity index (χ0v) is 15.7. The van der Waals surface area contributed by atoms with E-state index in [1.54, 1.807) is 0 Å². The second-order valence-electron chi connectivity index (χ2n) is 7.26. The Hall–Kier alpha value is -2.07. The molecular weight excluding hydrogens is 314 g/mol. The first-order valence-corrected chi connectivity index (χ1v) is 8.60. The van der Waals surface area contributed by atoms with Crippen molar-refractivity contribution >= 4 is 23.0 Å². The molecule has 3 nitrogen and oxygen atoms in total. The van der Waals surface area contributed by atoms with E-state index in [0.717, 1.165) is 11.3 Å². The molecule has 0 unspecified atom stereocenters. The van der Waals surface area contributed by atoms with E-state index in [0.29, 0.717) is 11.7 Å². The number of nitrogen functional groups attached to an aromatic ring is 1. The maximum atomic E-state index is 5.98. The predicted molar refractivity (Wildman–Crippen MR) is 107 cm³/mol. The standard InChI is InChI=1S/C20H27N3S/c1-14(16-7-11-18(21)12-8-16)23(19(22)24)13-15-5-9-17(10-6-15)20(2,3)4/h5-12,14H,13,21H2,1-4H3,(H2,22,24)/t14-/m0/s1. The minimum atomic E-state index is 0.0883. The summed E-state index contributed by atoms with van der Waals surface area (Å²) >= 11 is 5.28. The van der Waals surface area contributed by atoms with E-state index in [2.05, 4.69) is 52.0 Å². The molecule has 0 fully saturated rings. The molecule has 0 bridgehead atoms. The summed E-state index contributed by atoms with van der Waals surface area (Å²) in [4.78, 5) is 2.03. The molecule has 24 heavy (non-hydrogen) atoms. The van der Waals surface area contributed by atoms with Crippen molar-refractivity contribution in [2.75, 3.05) is 5.73 Å². The topological polar surface area (TPSA) is 55.3 Å². The van der Waals surface area contributed by atoms with Crippen molar-refractivity contribution in [3.8, 4) is 0 Å². The average Bonchev–Trinajstić information content (AvgIpc) is 2.52. The van der Waals surface area contributed by atoms with Gasteiger partial charge in [0.2, 0.25) is 0 Å². The minimum absolute atomic E-state index is 0.0883. The molecule has 2 aromatic carbocycles. The van der Waals surface area contributed by atoms with Gasteiger partial charge in [-0.1, -0.05) is 57.2 Å². The number of rotatable bonds is 4. The Kier molecular flexibility index (Phi) is 5.50. The van der Waals surface area contributed by atoms with E-state index < -0.39 is 0 Å². The molecule has 2 rings (SSSR count). The van der Waals surface area contributed by atoms with Gasteiger partial charge in [0.1, 0.15) is 0 Å².